The summed E-state index contributed by atoms with van der Waals surface area (Å²) in [5.41, 5.74) is 0.369. The van der Waals surface area contributed by atoms with Crippen molar-refractivity contribution in [2.24, 2.45) is 0 Å². The molecule has 0 aliphatic rings. The van der Waals surface area contributed by atoms with Gasteiger partial charge >= 0.3 is 0 Å². The molecule has 7 heteroatoms. The van der Waals surface area contributed by atoms with Crippen LogP contribution >= 0.6 is 0 Å². The zero-order valence-electron chi connectivity index (χ0n) is 12.9. The van der Waals surface area contributed by atoms with E-state index in [1.54, 1.807) is 28.9 Å². The first-order valence-corrected chi connectivity index (χ1v) is 6.98. The minimum atomic E-state index is -0.736. The Hall–Kier alpha value is -2.46. The molecule has 7 nitrogen and oxygen atoms in total. The predicted octanol–water partition coefficient (Wildman–Crippen LogP) is 1.28. The highest BCUT2D eigenvalue weighted by Crippen LogP contribution is 2.19. The summed E-state index contributed by atoms with van der Waals surface area (Å²) in [6.07, 6.45) is -0.736. The van der Waals surface area contributed by atoms with E-state index in [1.165, 1.54) is 0 Å². The molecule has 0 aliphatic carbocycles. The van der Waals surface area contributed by atoms with Gasteiger partial charge in [0.05, 0.1) is 18.2 Å². The fourth-order valence-electron chi connectivity index (χ4n) is 1.94. The van der Waals surface area contributed by atoms with Crippen LogP contribution < -0.4 is 4.74 Å². The maximum atomic E-state index is 10.1. The average Bonchev–Trinajstić information content (AvgIpc) is 2.94. The van der Waals surface area contributed by atoms with Gasteiger partial charge in [0, 0.05) is 5.41 Å². The highest BCUT2D eigenvalue weighted by Gasteiger charge is 2.23. The lowest BCUT2D eigenvalue weighted by molar-refractivity contribution is 0.0871. The number of nitriles is 1. The Morgan fingerprint density at radius 1 is 1.32 bits per heavy atom. The number of aliphatic hydroxyl groups is 1. The number of ether oxygens (including phenoxy) is 1. The Labute approximate surface area is 129 Å². The van der Waals surface area contributed by atoms with Crippen LogP contribution in [0.5, 0.6) is 5.75 Å². The fraction of sp³-hybridized carbons (Fsp3) is 0.467. The van der Waals surface area contributed by atoms with Crippen LogP contribution in [0.3, 0.4) is 0 Å². The van der Waals surface area contributed by atoms with Crippen LogP contribution in [-0.2, 0) is 12.0 Å². The van der Waals surface area contributed by atoms with E-state index in [0.29, 0.717) is 17.1 Å². The molecule has 0 amide bonds. The van der Waals surface area contributed by atoms with Crippen LogP contribution in [0.1, 0.15) is 32.2 Å². The highest BCUT2D eigenvalue weighted by molar-refractivity contribution is 5.34. The molecule has 0 bridgehead atoms. The summed E-state index contributed by atoms with van der Waals surface area (Å²) < 4.78 is 7.09. The third-order valence-corrected chi connectivity index (χ3v) is 3.01. The minimum absolute atomic E-state index is 0.120. The lowest BCUT2D eigenvalue weighted by Gasteiger charge is -2.19. The van der Waals surface area contributed by atoms with Crippen molar-refractivity contribution >= 4 is 0 Å². The Bertz CT molecular complexity index is 652. The SMILES string of the molecule is CC(C)(C)c1nnnn1C[C@H](O)COc1ccc(C#N)cc1. The van der Waals surface area contributed by atoms with Crippen molar-refractivity contribution in [3.8, 4) is 11.8 Å². The molecule has 1 N–H and O–H groups in total. The summed E-state index contributed by atoms with van der Waals surface area (Å²) in [5.74, 6) is 1.32. The number of hydrogen-bond acceptors (Lipinski definition) is 6. The molecule has 1 aromatic carbocycles. The Kier molecular flexibility index (Phi) is 4.73. The van der Waals surface area contributed by atoms with Crippen molar-refractivity contribution in [3.63, 3.8) is 0 Å². The van der Waals surface area contributed by atoms with Crippen LogP contribution in [-0.4, -0.2) is 38.0 Å². The van der Waals surface area contributed by atoms with E-state index in [0.717, 1.165) is 0 Å². The van der Waals surface area contributed by atoms with Crippen molar-refractivity contribution in [1.82, 2.24) is 20.2 Å². The number of nitrogens with zero attached hydrogens (tertiary/aromatic N) is 5. The number of rotatable bonds is 5. The first-order chi connectivity index (χ1) is 10.4. The zero-order chi connectivity index (χ0) is 16.2. The first kappa shape index (κ1) is 15.9. The van der Waals surface area contributed by atoms with Gasteiger partial charge in [0.15, 0.2) is 5.82 Å². The molecule has 22 heavy (non-hydrogen) atoms. The van der Waals surface area contributed by atoms with Crippen molar-refractivity contribution in [1.29, 1.82) is 5.26 Å². The molecule has 1 atom stereocenters. The van der Waals surface area contributed by atoms with Gasteiger partial charge in [0.25, 0.3) is 0 Å². The monoisotopic (exact) mass is 301 g/mol. The maximum Gasteiger partial charge on any atom is 0.156 e. The van der Waals surface area contributed by atoms with E-state index < -0.39 is 6.10 Å². The van der Waals surface area contributed by atoms with Gasteiger partial charge in [-0.25, -0.2) is 4.68 Å². The summed E-state index contributed by atoms with van der Waals surface area (Å²) in [6, 6.07) is 8.77. The first-order valence-electron chi connectivity index (χ1n) is 6.98. The molecular weight excluding hydrogens is 282 g/mol. The van der Waals surface area contributed by atoms with E-state index >= 15 is 0 Å². The second kappa shape index (κ2) is 6.54. The smallest absolute Gasteiger partial charge is 0.156 e. The van der Waals surface area contributed by atoms with Gasteiger partial charge < -0.3 is 9.84 Å². The van der Waals surface area contributed by atoms with E-state index in [-0.39, 0.29) is 18.6 Å². The van der Waals surface area contributed by atoms with Gasteiger partial charge in [-0.2, -0.15) is 5.26 Å². The highest BCUT2D eigenvalue weighted by atomic mass is 16.5. The van der Waals surface area contributed by atoms with Crippen LogP contribution in [0.25, 0.3) is 0 Å². The van der Waals surface area contributed by atoms with Gasteiger partial charge in [0.1, 0.15) is 18.5 Å². The Morgan fingerprint density at radius 2 is 2.00 bits per heavy atom. The van der Waals surface area contributed by atoms with Crippen LogP contribution in [0.2, 0.25) is 0 Å². The number of tetrazole rings is 1. The molecule has 0 radical (unpaired) electrons. The van der Waals surface area contributed by atoms with Crippen LogP contribution in [0, 0.1) is 11.3 Å². The quantitative estimate of drug-likeness (QED) is 0.893. The van der Waals surface area contributed by atoms with Crippen molar-refractivity contribution < 1.29 is 9.84 Å². The molecule has 0 spiro atoms. The summed E-state index contributed by atoms with van der Waals surface area (Å²) in [5, 5.41) is 30.4. The number of benzene rings is 1. The van der Waals surface area contributed by atoms with Gasteiger partial charge in [-0.05, 0) is 34.7 Å². The summed E-state index contributed by atoms with van der Waals surface area (Å²) in [7, 11) is 0. The molecule has 2 aromatic rings. The fourth-order valence-corrected chi connectivity index (χ4v) is 1.94. The van der Waals surface area contributed by atoms with E-state index in [9.17, 15) is 5.11 Å². The summed E-state index contributed by atoms with van der Waals surface area (Å²) in [6.45, 7) is 6.41. The standard InChI is InChI=1S/C15H19N5O2/c1-15(2,3)14-17-18-19-20(14)9-12(21)10-22-13-6-4-11(8-16)5-7-13/h4-7,12,21H,9-10H2,1-3H3/t12-/m0/s1. The zero-order valence-corrected chi connectivity index (χ0v) is 12.9. The van der Waals surface area contributed by atoms with E-state index in [1.807, 2.05) is 26.8 Å². The van der Waals surface area contributed by atoms with Gasteiger partial charge in [-0.1, -0.05) is 20.8 Å². The third-order valence-electron chi connectivity index (χ3n) is 3.01. The predicted molar refractivity (Wildman–Crippen MR) is 79.2 cm³/mol. The molecule has 0 aliphatic heterocycles. The Morgan fingerprint density at radius 3 is 2.59 bits per heavy atom. The largest absolute Gasteiger partial charge is 0.491 e. The molecule has 1 aromatic heterocycles. The summed E-state index contributed by atoms with van der Waals surface area (Å²) in [4.78, 5) is 0. The Balaban J connectivity index is 1.92. The van der Waals surface area contributed by atoms with E-state index in [4.69, 9.17) is 10.00 Å². The molecule has 0 fully saturated rings. The normalized spacial score (nSPS) is 12.7. The molecule has 0 unspecified atom stereocenters. The maximum absolute atomic E-state index is 10.1. The van der Waals surface area contributed by atoms with Gasteiger partial charge in [-0.15, -0.1) is 5.10 Å². The lowest BCUT2D eigenvalue weighted by atomic mass is 9.96. The van der Waals surface area contributed by atoms with Crippen molar-refractivity contribution in [2.75, 3.05) is 6.61 Å². The van der Waals surface area contributed by atoms with E-state index in [2.05, 4.69) is 15.5 Å². The average molecular weight is 301 g/mol. The molecule has 2 rings (SSSR count). The van der Waals surface area contributed by atoms with Crippen molar-refractivity contribution in [2.45, 2.75) is 38.8 Å². The van der Waals surface area contributed by atoms with Gasteiger partial charge in [-0.3, -0.25) is 0 Å². The second-order valence-electron chi connectivity index (χ2n) is 6.04. The van der Waals surface area contributed by atoms with Gasteiger partial charge in [0.2, 0.25) is 0 Å². The third kappa shape index (κ3) is 4.02. The van der Waals surface area contributed by atoms with Crippen LogP contribution in [0.4, 0.5) is 0 Å². The van der Waals surface area contributed by atoms with Crippen molar-refractivity contribution in [3.05, 3.63) is 35.7 Å². The molecular formula is C15H19N5O2. The minimum Gasteiger partial charge on any atom is -0.491 e. The van der Waals surface area contributed by atoms with Crippen LogP contribution in [0.15, 0.2) is 24.3 Å². The molecule has 116 valence electrons. The molecule has 1 heterocycles. The second-order valence-corrected chi connectivity index (χ2v) is 6.04. The molecule has 0 saturated carbocycles. The topological polar surface area (TPSA) is 96.8 Å². The molecule has 0 saturated heterocycles. The summed E-state index contributed by atoms with van der Waals surface area (Å²) >= 11 is 0. The number of aliphatic hydroxyl groups excluding tert-OH is 1. The number of hydrogen-bond donors (Lipinski definition) is 1. The lowest BCUT2D eigenvalue weighted by Crippen LogP contribution is -2.28. The number of aromatic nitrogens is 4.